The van der Waals surface area contributed by atoms with Crippen molar-refractivity contribution < 1.29 is 12.8 Å². The number of anilines is 2. The molecular formula is C13H9ClFN3O2S. The van der Waals surface area contributed by atoms with E-state index < -0.39 is 15.8 Å². The van der Waals surface area contributed by atoms with Gasteiger partial charge in [-0.25, -0.2) is 12.8 Å². The molecule has 2 rings (SSSR count). The van der Waals surface area contributed by atoms with Crippen molar-refractivity contribution in [2.45, 2.75) is 4.90 Å². The van der Waals surface area contributed by atoms with E-state index in [0.29, 0.717) is 0 Å². The summed E-state index contributed by atoms with van der Waals surface area (Å²) in [6.45, 7) is 0. The van der Waals surface area contributed by atoms with Gasteiger partial charge >= 0.3 is 0 Å². The molecule has 8 heteroatoms. The SMILES string of the molecule is N#Cc1ccc(Cl)c(NS(=O)(=O)c2cc(N)cc(F)c2)c1. The van der Waals surface area contributed by atoms with Gasteiger partial charge in [-0.15, -0.1) is 0 Å². The number of sulfonamides is 1. The lowest BCUT2D eigenvalue weighted by atomic mass is 10.2. The molecule has 21 heavy (non-hydrogen) atoms. The fourth-order valence-electron chi connectivity index (χ4n) is 1.62. The molecule has 0 spiro atoms. The fraction of sp³-hybridized carbons (Fsp3) is 0. The van der Waals surface area contributed by atoms with Gasteiger partial charge in [-0.05, 0) is 36.4 Å². The summed E-state index contributed by atoms with van der Waals surface area (Å²) >= 11 is 5.87. The average Bonchev–Trinajstić information content (AvgIpc) is 2.40. The predicted octanol–water partition coefficient (Wildman–Crippen LogP) is 2.73. The van der Waals surface area contributed by atoms with Gasteiger partial charge in [-0.3, -0.25) is 4.72 Å². The van der Waals surface area contributed by atoms with Crippen molar-refractivity contribution in [3.05, 3.63) is 52.8 Å². The third-order valence-corrected chi connectivity index (χ3v) is 4.22. The number of nitrogen functional groups attached to an aromatic ring is 1. The minimum Gasteiger partial charge on any atom is -0.399 e. The monoisotopic (exact) mass is 325 g/mol. The molecule has 0 amide bonds. The first kappa shape index (κ1) is 15.1. The van der Waals surface area contributed by atoms with Crippen LogP contribution in [0.3, 0.4) is 0 Å². The molecule has 0 saturated heterocycles. The third kappa shape index (κ3) is 3.42. The van der Waals surface area contributed by atoms with Crippen LogP contribution in [0.15, 0.2) is 41.3 Å². The van der Waals surface area contributed by atoms with E-state index in [1.165, 1.54) is 18.2 Å². The molecule has 0 atom stereocenters. The van der Waals surface area contributed by atoms with Gasteiger partial charge in [0.15, 0.2) is 0 Å². The summed E-state index contributed by atoms with van der Waals surface area (Å²) in [6, 6.07) is 8.93. The molecule has 0 heterocycles. The Hall–Kier alpha value is -2.30. The Morgan fingerprint density at radius 2 is 1.95 bits per heavy atom. The van der Waals surface area contributed by atoms with Gasteiger partial charge in [0, 0.05) is 5.69 Å². The standard InChI is InChI=1S/C13H9ClFN3O2S/c14-12-2-1-8(7-16)3-13(12)18-21(19,20)11-5-9(15)4-10(17)6-11/h1-6,18H,17H2. The summed E-state index contributed by atoms with van der Waals surface area (Å²) in [4.78, 5) is -0.335. The molecular weight excluding hydrogens is 317 g/mol. The van der Waals surface area contributed by atoms with Gasteiger partial charge in [-0.1, -0.05) is 11.6 Å². The quantitative estimate of drug-likeness (QED) is 0.848. The maximum atomic E-state index is 13.3. The zero-order chi connectivity index (χ0) is 15.6. The van der Waals surface area contributed by atoms with E-state index in [9.17, 15) is 12.8 Å². The number of nitrogens with two attached hydrogens (primary N) is 1. The van der Waals surface area contributed by atoms with E-state index in [1.807, 2.05) is 6.07 Å². The summed E-state index contributed by atoms with van der Waals surface area (Å²) in [5.74, 6) is -0.771. The van der Waals surface area contributed by atoms with E-state index >= 15 is 0 Å². The van der Waals surface area contributed by atoms with Gasteiger partial charge in [-0.2, -0.15) is 5.26 Å². The minimum atomic E-state index is -4.07. The number of halogens is 2. The molecule has 5 nitrogen and oxygen atoms in total. The highest BCUT2D eigenvalue weighted by molar-refractivity contribution is 7.92. The maximum Gasteiger partial charge on any atom is 0.262 e. The molecule has 0 aliphatic rings. The molecule has 2 aromatic rings. The molecule has 0 radical (unpaired) electrons. The zero-order valence-electron chi connectivity index (χ0n) is 10.5. The van der Waals surface area contributed by atoms with E-state index in [4.69, 9.17) is 22.6 Å². The van der Waals surface area contributed by atoms with Crippen LogP contribution in [-0.2, 0) is 10.0 Å². The second kappa shape index (κ2) is 5.60. The topological polar surface area (TPSA) is 96.0 Å². The zero-order valence-corrected chi connectivity index (χ0v) is 12.0. The van der Waals surface area contributed by atoms with Crippen molar-refractivity contribution in [1.82, 2.24) is 0 Å². The lowest BCUT2D eigenvalue weighted by Gasteiger charge is -2.10. The van der Waals surface area contributed by atoms with Crippen LogP contribution in [-0.4, -0.2) is 8.42 Å². The highest BCUT2D eigenvalue weighted by Crippen LogP contribution is 2.26. The lowest BCUT2D eigenvalue weighted by molar-refractivity contribution is 0.595. The maximum absolute atomic E-state index is 13.3. The van der Waals surface area contributed by atoms with E-state index in [1.54, 1.807) is 0 Å². The number of nitrogens with zero attached hydrogens (tertiary/aromatic N) is 1. The van der Waals surface area contributed by atoms with Gasteiger partial charge < -0.3 is 5.73 Å². The van der Waals surface area contributed by atoms with Crippen LogP contribution in [0.5, 0.6) is 0 Å². The first-order valence-electron chi connectivity index (χ1n) is 5.60. The Morgan fingerprint density at radius 1 is 1.24 bits per heavy atom. The van der Waals surface area contributed by atoms with Gasteiger partial charge in [0.25, 0.3) is 10.0 Å². The molecule has 2 aromatic carbocycles. The molecule has 0 unspecified atom stereocenters. The molecule has 0 saturated carbocycles. The summed E-state index contributed by atoms with van der Waals surface area (Å²) in [5, 5.41) is 8.92. The predicted molar refractivity (Wildman–Crippen MR) is 77.8 cm³/mol. The highest BCUT2D eigenvalue weighted by atomic mass is 35.5. The molecule has 0 aliphatic heterocycles. The largest absolute Gasteiger partial charge is 0.399 e. The van der Waals surface area contributed by atoms with Crippen molar-refractivity contribution in [1.29, 1.82) is 5.26 Å². The smallest absolute Gasteiger partial charge is 0.262 e. The summed E-state index contributed by atoms with van der Waals surface area (Å²) in [5.41, 5.74) is 5.66. The van der Waals surface area contributed by atoms with Crippen LogP contribution in [0.4, 0.5) is 15.8 Å². The molecule has 3 N–H and O–H groups in total. The Morgan fingerprint density at radius 3 is 2.57 bits per heavy atom. The van der Waals surface area contributed by atoms with Gasteiger partial charge in [0.2, 0.25) is 0 Å². The van der Waals surface area contributed by atoms with Gasteiger partial charge in [0.1, 0.15) is 5.82 Å². The number of hydrogen-bond donors (Lipinski definition) is 2. The van der Waals surface area contributed by atoms with Crippen molar-refractivity contribution >= 4 is 33.0 Å². The van der Waals surface area contributed by atoms with Crippen molar-refractivity contribution in [3.63, 3.8) is 0 Å². The van der Waals surface area contributed by atoms with Crippen LogP contribution >= 0.6 is 11.6 Å². The van der Waals surface area contributed by atoms with Crippen molar-refractivity contribution in [2.75, 3.05) is 10.5 Å². The Kier molecular flexibility index (Phi) is 4.02. The Bertz CT molecular complexity index is 827. The number of nitrogens with one attached hydrogen (secondary N) is 1. The Labute approximate surface area is 125 Å². The second-order valence-electron chi connectivity index (χ2n) is 4.13. The molecule has 0 bridgehead atoms. The minimum absolute atomic E-state index is 0.0211. The van der Waals surface area contributed by atoms with Crippen molar-refractivity contribution in [3.8, 4) is 6.07 Å². The van der Waals surface area contributed by atoms with Gasteiger partial charge in [0.05, 0.1) is 27.2 Å². The molecule has 0 aliphatic carbocycles. The van der Waals surface area contributed by atoms with E-state index in [2.05, 4.69) is 4.72 Å². The number of nitriles is 1. The van der Waals surface area contributed by atoms with Crippen LogP contribution in [0, 0.1) is 17.1 Å². The summed E-state index contributed by atoms with van der Waals surface area (Å²) in [7, 11) is -4.07. The highest BCUT2D eigenvalue weighted by Gasteiger charge is 2.17. The van der Waals surface area contributed by atoms with E-state index in [0.717, 1.165) is 18.2 Å². The normalized spacial score (nSPS) is 10.9. The Balaban J connectivity index is 2.44. The number of benzene rings is 2. The molecule has 0 fully saturated rings. The van der Waals surface area contributed by atoms with E-state index in [-0.39, 0.29) is 26.9 Å². The second-order valence-corrected chi connectivity index (χ2v) is 6.22. The lowest BCUT2D eigenvalue weighted by Crippen LogP contribution is -2.14. The summed E-state index contributed by atoms with van der Waals surface area (Å²) < 4.78 is 39.8. The average molecular weight is 326 g/mol. The summed E-state index contributed by atoms with van der Waals surface area (Å²) in [6.07, 6.45) is 0. The first-order valence-corrected chi connectivity index (χ1v) is 7.46. The number of rotatable bonds is 3. The first-order chi connectivity index (χ1) is 9.81. The fourth-order valence-corrected chi connectivity index (χ4v) is 2.97. The van der Waals surface area contributed by atoms with Crippen LogP contribution < -0.4 is 10.5 Å². The van der Waals surface area contributed by atoms with Crippen LogP contribution in [0.25, 0.3) is 0 Å². The van der Waals surface area contributed by atoms with Crippen LogP contribution in [0.1, 0.15) is 5.56 Å². The molecule has 0 aromatic heterocycles. The number of hydrogen-bond acceptors (Lipinski definition) is 4. The van der Waals surface area contributed by atoms with Crippen LogP contribution in [0.2, 0.25) is 5.02 Å². The third-order valence-electron chi connectivity index (χ3n) is 2.54. The molecule has 108 valence electrons. The van der Waals surface area contributed by atoms with Crippen molar-refractivity contribution in [2.24, 2.45) is 0 Å².